The van der Waals surface area contributed by atoms with E-state index in [1.807, 2.05) is 0 Å². The Morgan fingerprint density at radius 2 is 1.83 bits per heavy atom. The Bertz CT molecular complexity index is 381. The molecule has 0 N–H and O–H groups in total. The van der Waals surface area contributed by atoms with E-state index in [9.17, 15) is 9.59 Å². The third-order valence-corrected chi connectivity index (χ3v) is 2.46. The van der Waals surface area contributed by atoms with E-state index >= 15 is 0 Å². The summed E-state index contributed by atoms with van der Waals surface area (Å²) in [6.45, 7) is 7.51. The van der Waals surface area contributed by atoms with Gasteiger partial charge in [-0.2, -0.15) is 0 Å². The molecule has 4 heteroatoms. The maximum atomic E-state index is 11.1. The molecule has 0 bridgehead atoms. The summed E-state index contributed by atoms with van der Waals surface area (Å²) in [6.07, 6.45) is 9.16. The number of carbonyl (C=O) groups is 2. The third kappa shape index (κ3) is 3.12. The summed E-state index contributed by atoms with van der Waals surface area (Å²) in [4.78, 5) is 21.9. The molecule has 18 heavy (non-hydrogen) atoms. The molecule has 0 aromatic rings. The van der Waals surface area contributed by atoms with Crippen LogP contribution in [0.15, 0.2) is 49.1 Å². The van der Waals surface area contributed by atoms with Gasteiger partial charge >= 0.3 is 0 Å². The number of carbonyl (C=O) groups excluding carboxylic acids is 2. The largest absolute Gasteiger partial charge is 0.341 e. The van der Waals surface area contributed by atoms with Crippen molar-refractivity contribution >= 4 is 12.6 Å². The first kappa shape index (κ1) is 14.3. The molecule has 0 aromatic carbocycles. The van der Waals surface area contributed by atoms with Crippen LogP contribution in [0.25, 0.3) is 0 Å². The van der Waals surface area contributed by atoms with Gasteiger partial charge in [-0.3, -0.25) is 4.79 Å². The zero-order valence-electron chi connectivity index (χ0n) is 10.1. The fourth-order valence-corrected chi connectivity index (χ4v) is 1.63. The van der Waals surface area contributed by atoms with Crippen molar-refractivity contribution in [3.63, 3.8) is 0 Å². The molecule has 0 saturated carbocycles. The van der Waals surface area contributed by atoms with Crippen LogP contribution in [-0.4, -0.2) is 31.6 Å². The van der Waals surface area contributed by atoms with Gasteiger partial charge in [0.25, 0.3) is 0 Å². The van der Waals surface area contributed by atoms with Gasteiger partial charge in [0, 0.05) is 5.57 Å². The standard InChI is InChI=1S/C14H16O4/c1-3-7-17-14(18-8-4-2)9-12(10-15)5-6-13(14)11-16/h3-6,9-11,13H,1-2,7-8H2. The highest BCUT2D eigenvalue weighted by Gasteiger charge is 2.39. The van der Waals surface area contributed by atoms with Crippen LogP contribution in [0.4, 0.5) is 0 Å². The minimum atomic E-state index is -1.27. The Labute approximate surface area is 106 Å². The molecule has 1 aliphatic carbocycles. The van der Waals surface area contributed by atoms with Gasteiger partial charge in [0.05, 0.1) is 19.1 Å². The summed E-state index contributed by atoms with van der Waals surface area (Å²) in [5.74, 6) is -1.88. The maximum Gasteiger partial charge on any atom is 0.202 e. The average Bonchev–Trinajstić information content (AvgIpc) is 2.42. The number of allylic oxidation sites excluding steroid dienone is 2. The molecule has 0 saturated heterocycles. The average molecular weight is 248 g/mol. The van der Waals surface area contributed by atoms with E-state index in [2.05, 4.69) is 13.2 Å². The van der Waals surface area contributed by atoms with E-state index < -0.39 is 11.7 Å². The summed E-state index contributed by atoms with van der Waals surface area (Å²) in [6, 6.07) is 0. The van der Waals surface area contributed by atoms with Crippen molar-refractivity contribution in [1.29, 1.82) is 0 Å². The lowest BCUT2D eigenvalue weighted by Gasteiger charge is -2.35. The van der Waals surface area contributed by atoms with Crippen LogP contribution < -0.4 is 0 Å². The second-order valence-corrected chi connectivity index (χ2v) is 3.70. The Kier molecular flexibility index (Phi) is 5.42. The smallest absolute Gasteiger partial charge is 0.202 e. The molecule has 4 nitrogen and oxygen atoms in total. The van der Waals surface area contributed by atoms with Crippen molar-refractivity contribution in [2.75, 3.05) is 13.2 Å². The highest BCUT2D eigenvalue weighted by atomic mass is 16.7. The molecule has 0 spiro atoms. The van der Waals surface area contributed by atoms with Gasteiger partial charge in [0.15, 0.2) is 0 Å². The van der Waals surface area contributed by atoms with E-state index in [4.69, 9.17) is 9.47 Å². The molecule has 96 valence electrons. The molecule has 0 fully saturated rings. The SMILES string of the molecule is C=CCOC1(OCC=C)C=C(C=O)C=CC1C=O. The van der Waals surface area contributed by atoms with Gasteiger partial charge in [-0.05, 0) is 6.08 Å². The summed E-state index contributed by atoms with van der Waals surface area (Å²) in [5, 5.41) is 0. The summed E-state index contributed by atoms with van der Waals surface area (Å²) in [5.41, 5.74) is 0.404. The molecule has 1 unspecified atom stereocenters. The highest BCUT2D eigenvalue weighted by Crippen LogP contribution is 2.31. The zero-order chi connectivity index (χ0) is 13.4. The second kappa shape index (κ2) is 6.83. The van der Waals surface area contributed by atoms with E-state index in [0.717, 1.165) is 6.29 Å². The predicted octanol–water partition coefficient (Wildman–Crippen LogP) is 1.60. The maximum absolute atomic E-state index is 11.1. The van der Waals surface area contributed by atoms with Crippen molar-refractivity contribution in [3.05, 3.63) is 49.1 Å². The monoisotopic (exact) mass is 248 g/mol. The van der Waals surface area contributed by atoms with Crippen LogP contribution in [0.5, 0.6) is 0 Å². The van der Waals surface area contributed by atoms with E-state index in [1.54, 1.807) is 24.3 Å². The fourth-order valence-electron chi connectivity index (χ4n) is 1.63. The highest BCUT2D eigenvalue weighted by molar-refractivity contribution is 5.79. The van der Waals surface area contributed by atoms with Crippen LogP contribution >= 0.6 is 0 Å². The third-order valence-electron chi connectivity index (χ3n) is 2.46. The molecule has 0 radical (unpaired) electrons. The van der Waals surface area contributed by atoms with Crippen LogP contribution in [0, 0.1) is 5.92 Å². The molecule has 0 heterocycles. The first-order valence-electron chi connectivity index (χ1n) is 5.53. The van der Waals surface area contributed by atoms with Gasteiger partial charge in [-0.1, -0.05) is 24.3 Å². The lowest BCUT2D eigenvalue weighted by molar-refractivity contribution is -0.211. The number of hydrogen-bond acceptors (Lipinski definition) is 4. The first-order valence-corrected chi connectivity index (χ1v) is 5.53. The molecule has 1 aliphatic rings. The quantitative estimate of drug-likeness (QED) is 0.372. The van der Waals surface area contributed by atoms with Crippen molar-refractivity contribution in [2.45, 2.75) is 5.79 Å². The fraction of sp³-hybridized carbons (Fsp3) is 0.286. The molecule has 0 amide bonds. The number of hydrogen-bond donors (Lipinski definition) is 0. The zero-order valence-corrected chi connectivity index (χ0v) is 10.1. The minimum absolute atomic E-state index is 0.206. The first-order chi connectivity index (χ1) is 8.72. The lowest BCUT2D eigenvalue weighted by Crippen LogP contribution is -2.44. The van der Waals surface area contributed by atoms with Crippen LogP contribution in [0.2, 0.25) is 0 Å². The summed E-state index contributed by atoms with van der Waals surface area (Å²) >= 11 is 0. The van der Waals surface area contributed by atoms with Gasteiger partial charge in [-0.15, -0.1) is 13.2 Å². The van der Waals surface area contributed by atoms with Gasteiger partial charge < -0.3 is 14.3 Å². The number of rotatable bonds is 8. The van der Waals surface area contributed by atoms with E-state index in [1.165, 1.54) is 6.08 Å². The predicted molar refractivity (Wildman–Crippen MR) is 67.9 cm³/mol. The van der Waals surface area contributed by atoms with Gasteiger partial charge in [0.1, 0.15) is 12.6 Å². The minimum Gasteiger partial charge on any atom is -0.341 e. The summed E-state index contributed by atoms with van der Waals surface area (Å²) in [7, 11) is 0. The van der Waals surface area contributed by atoms with Gasteiger partial charge in [0.2, 0.25) is 5.79 Å². The van der Waals surface area contributed by atoms with Crippen molar-refractivity contribution in [1.82, 2.24) is 0 Å². The molecule has 0 aromatic heterocycles. The Morgan fingerprint density at radius 1 is 1.22 bits per heavy atom. The van der Waals surface area contributed by atoms with E-state index in [0.29, 0.717) is 11.9 Å². The molecular formula is C14H16O4. The topological polar surface area (TPSA) is 52.6 Å². The normalized spacial score (nSPS) is 20.9. The van der Waals surface area contributed by atoms with Crippen LogP contribution in [0.3, 0.4) is 0 Å². The lowest BCUT2D eigenvalue weighted by atomic mass is 9.91. The Morgan fingerprint density at radius 3 is 2.28 bits per heavy atom. The van der Waals surface area contributed by atoms with E-state index in [-0.39, 0.29) is 13.2 Å². The summed E-state index contributed by atoms with van der Waals surface area (Å²) < 4.78 is 11.1. The molecule has 1 rings (SSSR count). The molecule has 0 aliphatic heterocycles. The van der Waals surface area contributed by atoms with Crippen molar-refractivity contribution in [2.24, 2.45) is 5.92 Å². The van der Waals surface area contributed by atoms with Crippen LogP contribution in [-0.2, 0) is 19.1 Å². The second-order valence-electron chi connectivity index (χ2n) is 3.70. The number of ether oxygens (including phenoxy) is 2. The van der Waals surface area contributed by atoms with Crippen molar-refractivity contribution in [3.8, 4) is 0 Å². The van der Waals surface area contributed by atoms with Gasteiger partial charge in [-0.25, -0.2) is 0 Å². The Balaban J connectivity index is 3.07. The molecular weight excluding hydrogens is 232 g/mol. The Hall–Kier alpha value is -1.78. The molecule has 1 atom stereocenters. The van der Waals surface area contributed by atoms with Crippen molar-refractivity contribution < 1.29 is 19.1 Å². The number of aldehydes is 2. The van der Waals surface area contributed by atoms with Crippen LogP contribution in [0.1, 0.15) is 0 Å².